The number of halogens is 1. The molecule has 0 unspecified atom stereocenters. The molecule has 1 aliphatic rings. The van der Waals surface area contributed by atoms with Crippen molar-refractivity contribution in [1.29, 1.82) is 0 Å². The second kappa shape index (κ2) is 11.0. The fraction of sp³-hybridized carbons (Fsp3) is 0.391. The van der Waals surface area contributed by atoms with Crippen LogP contribution >= 0.6 is 11.6 Å². The van der Waals surface area contributed by atoms with Crippen LogP contribution in [0, 0.1) is 6.92 Å². The minimum atomic E-state index is -3.56. The van der Waals surface area contributed by atoms with E-state index in [-0.39, 0.29) is 24.8 Å². The number of rotatable bonds is 8. The summed E-state index contributed by atoms with van der Waals surface area (Å²) in [6.45, 7) is 3.87. The van der Waals surface area contributed by atoms with Crippen LogP contribution in [0.15, 0.2) is 42.5 Å². The molecule has 0 spiro atoms. The van der Waals surface area contributed by atoms with Gasteiger partial charge in [0.15, 0.2) is 0 Å². The van der Waals surface area contributed by atoms with E-state index in [2.05, 4.69) is 5.32 Å². The van der Waals surface area contributed by atoms with Gasteiger partial charge in [-0.15, -0.1) is 0 Å². The molecule has 8 nitrogen and oxygen atoms in total. The summed E-state index contributed by atoms with van der Waals surface area (Å²) in [5, 5.41) is 3.27. The normalized spacial score (nSPS) is 14.1. The molecule has 1 N–H and O–H groups in total. The lowest BCUT2D eigenvalue weighted by atomic mass is 10.1. The topological polar surface area (TPSA) is 96.0 Å². The van der Waals surface area contributed by atoms with Gasteiger partial charge in [-0.05, 0) is 43.2 Å². The van der Waals surface area contributed by atoms with Crippen LogP contribution in [-0.4, -0.2) is 64.2 Å². The predicted octanol–water partition coefficient (Wildman–Crippen LogP) is 3.31. The molecular formula is C23H28ClN3O5S. The molecule has 0 saturated carbocycles. The zero-order valence-electron chi connectivity index (χ0n) is 18.7. The summed E-state index contributed by atoms with van der Waals surface area (Å²) in [5.41, 5.74) is 2.00. The third kappa shape index (κ3) is 6.46. The summed E-state index contributed by atoms with van der Waals surface area (Å²) in [7, 11) is -3.56. The fourth-order valence-electron chi connectivity index (χ4n) is 3.64. The molecule has 10 heteroatoms. The Bertz CT molecular complexity index is 1120. The number of anilines is 2. The average Bonchev–Trinajstić information content (AvgIpc) is 2.79. The van der Waals surface area contributed by atoms with E-state index in [1.54, 1.807) is 54.3 Å². The van der Waals surface area contributed by atoms with E-state index in [1.807, 2.05) is 0 Å². The quantitative estimate of drug-likeness (QED) is 0.608. The summed E-state index contributed by atoms with van der Waals surface area (Å²) in [6.07, 6.45) is 1.51. The summed E-state index contributed by atoms with van der Waals surface area (Å²) in [4.78, 5) is 27.2. The van der Waals surface area contributed by atoms with Crippen LogP contribution in [0.4, 0.5) is 11.4 Å². The van der Waals surface area contributed by atoms with Crippen molar-refractivity contribution in [2.75, 3.05) is 48.7 Å². The Kier molecular flexibility index (Phi) is 8.34. The Hall–Kier alpha value is -2.62. The maximum absolute atomic E-state index is 12.9. The number of nitrogens with one attached hydrogen (secondary N) is 1. The highest BCUT2D eigenvalue weighted by Gasteiger charge is 2.23. The number of ether oxygens (including phenoxy) is 1. The molecular weight excluding hydrogens is 466 g/mol. The Morgan fingerprint density at radius 2 is 1.82 bits per heavy atom. The Morgan fingerprint density at radius 1 is 1.12 bits per heavy atom. The van der Waals surface area contributed by atoms with E-state index in [1.165, 1.54) is 4.31 Å². The SMILES string of the molecule is Cc1c(Cl)cccc1N(CCCC(=O)Nc1ccccc1C(=O)N1CCOCC1)S(C)(=O)=O. The number of morpholine rings is 1. The second-order valence-corrected chi connectivity index (χ2v) is 10.1. The van der Waals surface area contributed by atoms with Gasteiger partial charge in [-0.2, -0.15) is 0 Å². The molecule has 1 fully saturated rings. The van der Waals surface area contributed by atoms with Gasteiger partial charge >= 0.3 is 0 Å². The minimum absolute atomic E-state index is 0.0890. The number of nitrogens with zero attached hydrogens (tertiary/aromatic N) is 2. The molecule has 2 aromatic rings. The molecule has 0 radical (unpaired) electrons. The van der Waals surface area contributed by atoms with E-state index < -0.39 is 10.0 Å². The molecule has 0 aromatic heterocycles. The Morgan fingerprint density at radius 3 is 2.52 bits per heavy atom. The van der Waals surface area contributed by atoms with E-state index in [0.717, 1.165) is 6.26 Å². The summed E-state index contributed by atoms with van der Waals surface area (Å²) in [5.74, 6) is -0.456. The Labute approximate surface area is 199 Å². The second-order valence-electron chi connectivity index (χ2n) is 7.82. The molecule has 0 atom stereocenters. The summed E-state index contributed by atoms with van der Waals surface area (Å²) in [6, 6.07) is 11.9. The standard InChI is InChI=1S/C23H28ClN3O5S/c1-17-19(24)8-5-10-21(17)27(33(2,30)31)12-6-11-22(28)25-20-9-4-3-7-18(20)23(29)26-13-15-32-16-14-26/h3-5,7-10H,6,11-16H2,1-2H3,(H,25,28). The number of hydrogen-bond donors (Lipinski definition) is 1. The van der Waals surface area contributed by atoms with Gasteiger partial charge in [0, 0.05) is 31.1 Å². The van der Waals surface area contributed by atoms with Crippen LogP contribution in [0.2, 0.25) is 5.02 Å². The van der Waals surface area contributed by atoms with E-state index in [4.69, 9.17) is 16.3 Å². The lowest BCUT2D eigenvalue weighted by Crippen LogP contribution is -2.41. The number of benzene rings is 2. The number of sulfonamides is 1. The molecule has 3 rings (SSSR count). The zero-order valence-corrected chi connectivity index (χ0v) is 20.3. The van der Waals surface area contributed by atoms with Gasteiger partial charge in [0.25, 0.3) is 5.91 Å². The first-order valence-electron chi connectivity index (χ1n) is 10.7. The fourth-order valence-corrected chi connectivity index (χ4v) is 4.83. The van der Waals surface area contributed by atoms with Crippen LogP contribution in [0.3, 0.4) is 0 Å². The monoisotopic (exact) mass is 493 g/mol. The van der Waals surface area contributed by atoms with Crippen molar-refractivity contribution in [3.05, 3.63) is 58.6 Å². The highest BCUT2D eigenvalue weighted by molar-refractivity contribution is 7.92. The molecule has 2 aromatic carbocycles. The van der Waals surface area contributed by atoms with Gasteiger partial charge in [-0.1, -0.05) is 29.8 Å². The number of carbonyl (C=O) groups excluding carboxylic acids is 2. The third-order valence-electron chi connectivity index (χ3n) is 5.40. The van der Waals surface area contributed by atoms with Crippen LogP contribution in [0.25, 0.3) is 0 Å². The van der Waals surface area contributed by atoms with E-state index in [9.17, 15) is 18.0 Å². The van der Waals surface area contributed by atoms with Crippen molar-refractivity contribution in [2.45, 2.75) is 19.8 Å². The van der Waals surface area contributed by atoms with Crippen molar-refractivity contribution in [1.82, 2.24) is 4.90 Å². The van der Waals surface area contributed by atoms with Crippen LogP contribution in [-0.2, 0) is 19.6 Å². The maximum atomic E-state index is 12.9. The molecule has 2 amide bonds. The lowest BCUT2D eigenvalue weighted by Gasteiger charge is -2.27. The van der Waals surface area contributed by atoms with Crippen molar-refractivity contribution in [3.63, 3.8) is 0 Å². The molecule has 0 bridgehead atoms. The van der Waals surface area contributed by atoms with Crippen LogP contribution in [0.1, 0.15) is 28.8 Å². The highest BCUT2D eigenvalue weighted by atomic mass is 35.5. The van der Waals surface area contributed by atoms with Gasteiger partial charge in [0.1, 0.15) is 0 Å². The lowest BCUT2D eigenvalue weighted by molar-refractivity contribution is -0.116. The van der Waals surface area contributed by atoms with Gasteiger partial charge < -0.3 is 15.0 Å². The highest BCUT2D eigenvalue weighted by Crippen LogP contribution is 2.28. The molecule has 1 saturated heterocycles. The molecule has 1 heterocycles. The van der Waals surface area contributed by atoms with Crippen molar-refractivity contribution in [3.8, 4) is 0 Å². The number of carbonyl (C=O) groups is 2. The number of hydrogen-bond acceptors (Lipinski definition) is 5. The molecule has 33 heavy (non-hydrogen) atoms. The van der Waals surface area contributed by atoms with Gasteiger partial charge in [0.05, 0.1) is 36.4 Å². The number of amides is 2. The first-order chi connectivity index (χ1) is 15.7. The zero-order chi connectivity index (χ0) is 24.0. The molecule has 178 valence electrons. The average molecular weight is 494 g/mol. The number of para-hydroxylation sites is 1. The largest absolute Gasteiger partial charge is 0.378 e. The van der Waals surface area contributed by atoms with Crippen molar-refractivity contribution in [2.24, 2.45) is 0 Å². The maximum Gasteiger partial charge on any atom is 0.256 e. The first-order valence-corrected chi connectivity index (χ1v) is 12.9. The predicted molar refractivity (Wildman–Crippen MR) is 129 cm³/mol. The third-order valence-corrected chi connectivity index (χ3v) is 6.99. The van der Waals surface area contributed by atoms with Gasteiger partial charge in [-0.25, -0.2) is 8.42 Å². The van der Waals surface area contributed by atoms with Gasteiger partial charge in [0.2, 0.25) is 15.9 Å². The molecule has 1 aliphatic heterocycles. The van der Waals surface area contributed by atoms with E-state index in [0.29, 0.717) is 60.2 Å². The minimum Gasteiger partial charge on any atom is -0.378 e. The first kappa shape index (κ1) is 25.0. The molecule has 0 aliphatic carbocycles. The smallest absolute Gasteiger partial charge is 0.256 e. The van der Waals surface area contributed by atoms with Crippen molar-refractivity contribution < 1.29 is 22.7 Å². The summed E-state index contributed by atoms with van der Waals surface area (Å²) >= 11 is 6.16. The van der Waals surface area contributed by atoms with Crippen molar-refractivity contribution >= 4 is 44.8 Å². The van der Waals surface area contributed by atoms with Crippen LogP contribution < -0.4 is 9.62 Å². The summed E-state index contributed by atoms with van der Waals surface area (Å²) < 4.78 is 31.3. The van der Waals surface area contributed by atoms with E-state index >= 15 is 0 Å². The Balaban J connectivity index is 1.64. The van der Waals surface area contributed by atoms with Gasteiger partial charge in [-0.3, -0.25) is 13.9 Å². The van der Waals surface area contributed by atoms with Crippen LogP contribution in [0.5, 0.6) is 0 Å².